The van der Waals surface area contributed by atoms with Crippen molar-refractivity contribution in [3.8, 4) is 0 Å². The fraction of sp³-hybridized carbons (Fsp3) is 0.400. The topological polar surface area (TPSA) is 80.4 Å². The summed E-state index contributed by atoms with van der Waals surface area (Å²) in [6.45, 7) is 4.32. The van der Waals surface area contributed by atoms with Gasteiger partial charge in [0.25, 0.3) is 5.91 Å². The van der Waals surface area contributed by atoms with E-state index in [2.05, 4.69) is 10.3 Å². The number of amides is 1. The van der Waals surface area contributed by atoms with Crippen LogP contribution < -0.4 is 10.9 Å². The van der Waals surface area contributed by atoms with E-state index in [-0.39, 0.29) is 17.6 Å². The van der Waals surface area contributed by atoms with E-state index in [1.165, 1.54) is 12.3 Å². The van der Waals surface area contributed by atoms with Crippen LogP contribution in [0.3, 0.4) is 0 Å². The van der Waals surface area contributed by atoms with Crippen molar-refractivity contribution in [2.45, 2.75) is 39.0 Å². The van der Waals surface area contributed by atoms with Gasteiger partial charge in [-0.15, -0.1) is 0 Å². The minimum absolute atomic E-state index is 0.203. The number of pyridine rings is 1. The van der Waals surface area contributed by atoms with Crippen molar-refractivity contribution in [1.29, 1.82) is 0 Å². The van der Waals surface area contributed by atoms with E-state index >= 15 is 0 Å². The summed E-state index contributed by atoms with van der Waals surface area (Å²) in [6.07, 6.45) is 3.63. The molecule has 2 heterocycles. The second-order valence-corrected chi connectivity index (χ2v) is 6.52. The molecule has 2 aromatic rings. The number of hydrogen-bond acceptors (Lipinski definition) is 4. The molecule has 1 amide bonds. The number of hydrogen-bond donors (Lipinski definition) is 2. The second kappa shape index (κ2) is 8.78. The predicted molar refractivity (Wildman–Crippen MR) is 98.0 cm³/mol. The zero-order valence-electron chi connectivity index (χ0n) is 14.9. The van der Waals surface area contributed by atoms with Crippen molar-refractivity contribution in [2.24, 2.45) is 0 Å². The van der Waals surface area contributed by atoms with Gasteiger partial charge in [-0.2, -0.15) is 0 Å². The number of aromatic amines is 1. The molecule has 0 bridgehead atoms. The van der Waals surface area contributed by atoms with Crippen LogP contribution in [0, 0.1) is 6.92 Å². The lowest BCUT2D eigenvalue weighted by molar-refractivity contribution is -0.0390. The summed E-state index contributed by atoms with van der Waals surface area (Å²) in [6, 6.07) is 9.44. The van der Waals surface area contributed by atoms with Gasteiger partial charge in [0.05, 0.1) is 18.3 Å². The SMILES string of the molecule is Cc1cc(=O)[nH]cc1C(=O)NCc1ccc(COC2CCOCC2)cc1. The van der Waals surface area contributed by atoms with E-state index in [0.717, 1.165) is 37.2 Å². The molecule has 6 nitrogen and oxygen atoms in total. The summed E-state index contributed by atoms with van der Waals surface area (Å²) in [5.41, 5.74) is 3.05. The number of aryl methyl sites for hydroxylation is 1. The first-order valence-corrected chi connectivity index (χ1v) is 8.86. The van der Waals surface area contributed by atoms with Gasteiger partial charge < -0.3 is 19.8 Å². The third-order valence-electron chi connectivity index (χ3n) is 4.51. The maximum absolute atomic E-state index is 12.2. The van der Waals surface area contributed by atoms with E-state index in [0.29, 0.717) is 24.3 Å². The van der Waals surface area contributed by atoms with Gasteiger partial charge in [0, 0.05) is 32.0 Å². The Bertz CT molecular complexity index is 792. The van der Waals surface area contributed by atoms with Crippen molar-refractivity contribution in [2.75, 3.05) is 13.2 Å². The summed E-state index contributed by atoms with van der Waals surface area (Å²) in [4.78, 5) is 26.0. The third-order valence-corrected chi connectivity index (χ3v) is 4.51. The number of carbonyl (C=O) groups is 1. The average Bonchev–Trinajstić information content (AvgIpc) is 2.66. The van der Waals surface area contributed by atoms with Crippen molar-refractivity contribution in [3.63, 3.8) is 0 Å². The minimum Gasteiger partial charge on any atom is -0.381 e. The normalized spacial score (nSPS) is 15.0. The molecule has 2 N–H and O–H groups in total. The molecule has 6 heteroatoms. The molecule has 0 radical (unpaired) electrons. The fourth-order valence-electron chi connectivity index (χ4n) is 2.91. The Kier molecular flexibility index (Phi) is 6.20. The molecule has 0 spiro atoms. The first-order chi connectivity index (χ1) is 12.6. The zero-order chi connectivity index (χ0) is 18.4. The molecule has 1 aliphatic heterocycles. The van der Waals surface area contributed by atoms with Gasteiger partial charge in [-0.25, -0.2) is 0 Å². The quantitative estimate of drug-likeness (QED) is 0.832. The van der Waals surface area contributed by atoms with Crippen LogP contribution in [0.15, 0.2) is 41.3 Å². The van der Waals surface area contributed by atoms with E-state index in [4.69, 9.17) is 9.47 Å². The van der Waals surface area contributed by atoms with Crippen molar-refractivity contribution in [3.05, 3.63) is 69.1 Å². The Morgan fingerprint density at radius 2 is 1.92 bits per heavy atom. The van der Waals surface area contributed by atoms with Gasteiger partial charge in [-0.05, 0) is 36.5 Å². The summed E-state index contributed by atoms with van der Waals surface area (Å²) >= 11 is 0. The number of H-pyrrole nitrogens is 1. The van der Waals surface area contributed by atoms with Gasteiger partial charge in [0.2, 0.25) is 5.56 Å². The highest BCUT2D eigenvalue weighted by Gasteiger charge is 2.14. The van der Waals surface area contributed by atoms with Crippen LogP contribution >= 0.6 is 0 Å². The molecule has 1 saturated heterocycles. The molecule has 0 aliphatic carbocycles. The summed E-state index contributed by atoms with van der Waals surface area (Å²) < 4.78 is 11.2. The van der Waals surface area contributed by atoms with E-state index in [1.807, 2.05) is 24.3 Å². The molecular weight excluding hydrogens is 332 g/mol. The van der Waals surface area contributed by atoms with Crippen LogP contribution in [0.25, 0.3) is 0 Å². The summed E-state index contributed by atoms with van der Waals surface area (Å²) in [5, 5.41) is 2.87. The molecule has 1 aromatic heterocycles. The Hall–Kier alpha value is -2.44. The van der Waals surface area contributed by atoms with Crippen LogP contribution in [0.4, 0.5) is 0 Å². The number of carbonyl (C=O) groups excluding carboxylic acids is 1. The molecule has 1 fully saturated rings. The number of benzene rings is 1. The molecule has 26 heavy (non-hydrogen) atoms. The number of nitrogens with one attached hydrogen (secondary N) is 2. The fourth-order valence-corrected chi connectivity index (χ4v) is 2.91. The molecule has 0 unspecified atom stereocenters. The second-order valence-electron chi connectivity index (χ2n) is 6.52. The summed E-state index contributed by atoms with van der Waals surface area (Å²) in [5.74, 6) is -0.203. The van der Waals surface area contributed by atoms with Crippen LogP contribution in [-0.2, 0) is 22.6 Å². The van der Waals surface area contributed by atoms with Crippen LogP contribution in [0.2, 0.25) is 0 Å². The van der Waals surface area contributed by atoms with Crippen LogP contribution in [0.1, 0.15) is 39.9 Å². The lowest BCUT2D eigenvalue weighted by atomic mass is 10.1. The molecular formula is C20H24N2O4. The maximum Gasteiger partial charge on any atom is 0.253 e. The molecule has 0 saturated carbocycles. The summed E-state index contributed by atoms with van der Waals surface area (Å²) in [7, 11) is 0. The Balaban J connectivity index is 1.49. The predicted octanol–water partition coefficient (Wildman–Crippen LogP) is 2.31. The average molecular weight is 356 g/mol. The van der Waals surface area contributed by atoms with Crippen LogP contribution in [0.5, 0.6) is 0 Å². The lowest BCUT2D eigenvalue weighted by Gasteiger charge is -2.22. The Labute approximate surface area is 152 Å². The Morgan fingerprint density at radius 1 is 1.23 bits per heavy atom. The third kappa shape index (κ3) is 5.03. The van der Waals surface area contributed by atoms with Crippen LogP contribution in [-0.4, -0.2) is 30.2 Å². The molecule has 1 aliphatic rings. The van der Waals surface area contributed by atoms with E-state index < -0.39 is 0 Å². The van der Waals surface area contributed by atoms with Gasteiger partial charge in [0.1, 0.15) is 0 Å². The van der Waals surface area contributed by atoms with Crippen molar-refractivity contribution >= 4 is 5.91 Å². The standard InChI is InChI=1S/C20H24N2O4/c1-14-10-19(23)21-12-18(14)20(24)22-11-15-2-4-16(5-3-15)13-26-17-6-8-25-9-7-17/h2-5,10,12,17H,6-9,11,13H2,1H3,(H,21,23)(H,22,24). The van der Waals surface area contributed by atoms with Gasteiger partial charge in [0.15, 0.2) is 0 Å². The molecule has 0 atom stereocenters. The molecule has 3 rings (SSSR count). The molecule has 1 aromatic carbocycles. The zero-order valence-corrected chi connectivity index (χ0v) is 14.9. The first kappa shape index (κ1) is 18.4. The van der Waals surface area contributed by atoms with E-state index in [1.54, 1.807) is 6.92 Å². The van der Waals surface area contributed by atoms with Crippen molar-refractivity contribution in [1.82, 2.24) is 10.3 Å². The Morgan fingerprint density at radius 3 is 2.62 bits per heavy atom. The number of rotatable bonds is 6. The van der Waals surface area contributed by atoms with Gasteiger partial charge >= 0.3 is 0 Å². The smallest absolute Gasteiger partial charge is 0.253 e. The van der Waals surface area contributed by atoms with Crippen molar-refractivity contribution < 1.29 is 14.3 Å². The maximum atomic E-state index is 12.2. The van der Waals surface area contributed by atoms with Gasteiger partial charge in [-0.1, -0.05) is 24.3 Å². The number of aromatic nitrogens is 1. The first-order valence-electron chi connectivity index (χ1n) is 8.86. The highest BCUT2D eigenvalue weighted by molar-refractivity contribution is 5.95. The largest absolute Gasteiger partial charge is 0.381 e. The minimum atomic E-state index is -0.211. The lowest BCUT2D eigenvalue weighted by Crippen LogP contribution is -2.25. The molecule has 138 valence electrons. The highest BCUT2D eigenvalue weighted by Crippen LogP contribution is 2.14. The van der Waals surface area contributed by atoms with Gasteiger partial charge in [-0.3, -0.25) is 9.59 Å². The monoisotopic (exact) mass is 356 g/mol. The highest BCUT2D eigenvalue weighted by atomic mass is 16.5. The number of ether oxygens (including phenoxy) is 2. The van der Waals surface area contributed by atoms with E-state index in [9.17, 15) is 9.59 Å².